The van der Waals surface area contributed by atoms with Gasteiger partial charge >= 0.3 is 5.69 Å². The lowest BCUT2D eigenvalue weighted by Gasteiger charge is -2.13. The van der Waals surface area contributed by atoms with E-state index in [-0.39, 0.29) is 17.5 Å². The lowest BCUT2D eigenvalue weighted by molar-refractivity contribution is -0.385. The second-order valence-corrected chi connectivity index (χ2v) is 6.44. The summed E-state index contributed by atoms with van der Waals surface area (Å²) in [6.07, 6.45) is 4.19. The minimum atomic E-state index is -0.838. The van der Waals surface area contributed by atoms with Crippen LogP contribution in [0, 0.1) is 10.1 Å². The largest absolute Gasteiger partial charge is 0.390 e. The van der Waals surface area contributed by atoms with Gasteiger partial charge in [-0.1, -0.05) is 6.92 Å². The van der Waals surface area contributed by atoms with Gasteiger partial charge < -0.3 is 10.4 Å². The van der Waals surface area contributed by atoms with Crippen molar-refractivity contribution in [1.82, 2.24) is 15.1 Å². The SMILES string of the molecule is CC(CCNCC(O)Cn1cc([N+](=O)[O-])cn1)S(C)=O. The summed E-state index contributed by atoms with van der Waals surface area (Å²) >= 11 is 0. The van der Waals surface area contributed by atoms with Gasteiger partial charge in [0.2, 0.25) is 0 Å². The molecule has 20 heavy (non-hydrogen) atoms. The van der Waals surface area contributed by atoms with E-state index in [1.54, 1.807) is 6.26 Å². The topological polar surface area (TPSA) is 110 Å². The van der Waals surface area contributed by atoms with Crippen LogP contribution < -0.4 is 5.32 Å². The highest BCUT2D eigenvalue weighted by molar-refractivity contribution is 7.84. The first kappa shape index (κ1) is 16.7. The zero-order valence-electron chi connectivity index (χ0n) is 11.6. The van der Waals surface area contributed by atoms with E-state index in [9.17, 15) is 19.4 Å². The first-order valence-electron chi connectivity index (χ1n) is 6.28. The summed E-state index contributed by atoms with van der Waals surface area (Å²) in [4.78, 5) is 9.95. The Balaban J connectivity index is 2.24. The van der Waals surface area contributed by atoms with Crippen LogP contribution in [0.25, 0.3) is 0 Å². The highest BCUT2D eigenvalue weighted by Crippen LogP contribution is 2.07. The predicted molar refractivity (Wildman–Crippen MR) is 75.9 cm³/mol. The van der Waals surface area contributed by atoms with Crippen molar-refractivity contribution in [1.29, 1.82) is 0 Å². The quantitative estimate of drug-likeness (QED) is 0.374. The number of aliphatic hydroxyl groups excluding tert-OH is 1. The van der Waals surface area contributed by atoms with E-state index in [2.05, 4.69) is 10.4 Å². The fourth-order valence-corrected chi connectivity index (χ4v) is 2.02. The maximum Gasteiger partial charge on any atom is 0.306 e. The fraction of sp³-hybridized carbons (Fsp3) is 0.727. The Morgan fingerprint density at radius 2 is 2.35 bits per heavy atom. The third kappa shape index (κ3) is 5.76. The van der Waals surface area contributed by atoms with Crippen LogP contribution in [-0.2, 0) is 17.3 Å². The van der Waals surface area contributed by atoms with Crippen molar-refractivity contribution < 1.29 is 14.2 Å². The molecule has 0 amide bonds. The van der Waals surface area contributed by atoms with Gasteiger partial charge in [-0.2, -0.15) is 5.10 Å². The molecule has 0 bridgehead atoms. The Labute approximate surface area is 119 Å². The molecule has 8 nitrogen and oxygen atoms in total. The molecule has 0 spiro atoms. The molecule has 0 saturated carbocycles. The molecule has 1 rings (SSSR count). The predicted octanol–water partition coefficient (Wildman–Crippen LogP) is -0.101. The van der Waals surface area contributed by atoms with Crippen molar-refractivity contribution in [2.45, 2.75) is 31.2 Å². The van der Waals surface area contributed by atoms with Crippen LogP contribution in [0.5, 0.6) is 0 Å². The lowest BCUT2D eigenvalue weighted by Crippen LogP contribution is -2.32. The lowest BCUT2D eigenvalue weighted by atomic mass is 10.3. The number of nitro groups is 1. The van der Waals surface area contributed by atoms with Crippen LogP contribution in [0.15, 0.2) is 12.4 Å². The molecule has 114 valence electrons. The van der Waals surface area contributed by atoms with Crippen molar-refractivity contribution in [3.05, 3.63) is 22.5 Å². The zero-order valence-corrected chi connectivity index (χ0v) is 12.4. The Morgan fingerprint density at radius 1 is 1.65 bits per heavy atom. The van der Waals surface area contributed by atoms with E-state index in [0.29, 0.717) is 13.1 Å². The minimum absolute atomic E-state index is 0.0931. The van der Waals surface area contributed by atoms with E-state index in [1.807, 2.05) is 6.92 Å². The molecule has 1 aromatic rings. The van der Waals surface area contributed by atoms with Crippen molar-refractivity contribution in [2.75, 3.05) is 19.3 Å². The number of hydrogen-bond donors (Lipinski definition) is 2. The van der Waals surface area contributed by atoms with Gasteiger partial charge in [0.05, 0.1) is 17.6 Å². The third-order valence-electron chi connectivity index (χ3n) is 2.90. The number of nitrogens with zero attached hydrogens (tertiary/aromatic N) is 3. The van der Waals surface area contributed by atoms with Crippen molar-refractivity contribution in [2.24, 2.45) is 0 Å². The molecular weight excluding hydrogens is 284 g/mol. The molecule has 0 fully saturated rings. The van der Waals surface area contributed by atoms with Crippen LogP contribution in [0.1, 0.15) is 13.3 Å². The van der Waals surface area contributed by atoms with Crippen LogP contribution in [0.3, 0.4) is 0 Å². The maximum absolute atomic E-state index is 11.1. The third-order valence-corrected chi connectivity index (χ3v) is 4.27. The molecule has 0 aliphatic heterocycles. The average molecular weight is 304 g/mol. The normalized spacial score (nSPS) is 15.8. The highest BCUT2D eigenvalue weighted by atomic mass is 32.2. The first-order valence-corrected chi connectivity index (χ1v) is 7.90. The van der Waals surface area contributed by atoms with E-state index < -0.39 is 21.8 Å². The Hall–Kier alpha value is -1.32. The monoisotopic (exact) mass is 304 g/mol. The Bertz CT molecular complexity index is 465. The molecule has 9 heteroatoms. The van der Waals surface area contributed by atoms with E-state index >= 15 is 0 Å². The second kappa shape index (κ2) is 8.08. The van der Waals surface area contributed by atoms with Crippen molar-refractivity contribution in [3.8, 4) is 0 Å². The fourth-order valence-electron chi connectivity index (χ4n) is 1.57. The van der Waals surface area contributed by atoms with Gasteiger partial charge in [0, 0.05) is 28.9 Å². The van der Waals surface area contributed by atoms with Gasteiger partial charge in [-0.15, -0.1) is 0 Å². The van der Waals surface area contributed by atoms with E-state index in [1.165, 1.54) is 10.9 Å². The van der Waals surface area contributed by atoms with Gasteiger partial charge in [0.15, 0.2) is 0 Å². The van der Waals surface area contributed by atoms with Gasteiger partial charge in [0.1, 0.15) is 12.4 Å². The summed E-state index contributed by atoms with van der Waals surface area (Å²) in [5, 5.41) is 27.2. The molecule has 3 atom stereocenters. The average Bonchev–Trinajstić information content (AvgIpc) is 2.82. The number of nitrogens with one attached hydrogen (secondary N) is 1. The van der Waals surface area contributed by atoms with Gasteiger partial charge in [-0.25, -0.2) is 0 Å². The second-order valence-electron chi connectivity index (χ2n) is 4.63. The molecule has 1 heterocycles. The number of hydrogen-bond acceptors (Lipinski definition) is 6. The van der Waals surface area contributed by atoms with Gasteiger partial charge in [-0.3, -0.25) is 19.0 Å². The van der Waals surface area contributed by atoms with Gasteiger partial charge in [-0.05, 0) is 13.0 Å². The minimum Gasteiger partial charge on any atom is -0.390 e. The zero-order chi connectivity index (χ0) is 15.1. The number of aliphatic hydroxyl groups is 1. The number of rotatable bonds is 9. The molecule has 0 aromatic carbocycles. The Kier molecular flexibility index (Phi) is 6.76. The maximum atomic E-state index is 11.1. The molecule has 0 radical (unpaired) electrons. The first-order chi connectivity index (χ1) is 9.40. The van der Waals surface area contributed by atoms with Crippen LogP contribution >= 0.6 is 0 Å². The van der Waals surface area contributed by atoms with Gasteiger partial charge in [0.25, 0.3) is 0 Å². The van der Waals surface area contributed by atoms with Crippen LogP contribution in [0.2, 0.25) is 0 Å². The summed E-state index contributed by atoms with van der Waals surface area (Å²) in [5.74, 6) is 0. The summed E-state index contributed by atoms with van der Waals surface area (Å²) < 4.78 is 12.5. The standard InChI is InChI=1S/C11H20N4O4S/c1-9(20(2)19)3-4-12-6-11(16)8-14-7-10(5-13-14)15(17)18/h5,7,9,11-12,16H,3-4,6,8H2,1-2H3. The van der Waals surface area contributed by atoms with E-state index in [0.717, 1.165) is 12.6 Å². The van der Waals surface area contributed by atoms with Crippen molar-refractivity contribution >= 4 is 16.5 Å². The Morgan fingerprint density at radius 3 is 2.90 bits per heavy atom. The molecule has 2 N–H and O–H groups in total. The molecular formula is C11H20N4O4S. The smallest absolute Gasteiger partial charge is 0.306 e. The highest BCUT2D eigenvalue weighted by Gasteiger charge is 2.12. The molecule has 0 aliphatic rings. The summed E-state index contributed by atoms with van der Waals surface area (Å²) in [5.41, 5.74) is -0.0931. The molecule has 0 aliphatic carbocycles. The molecule has 1 aromatic heterocycles. The molecule has 0 saturated heterocycles. The number of aromatic nitrogens is 2. The molecule has 3 unspecified atom stereocenters. The summed E-state index contributed by atoms with van der Waals surface area (Å²) in [7, 11) is -0.838. The van der Waals surface area contributed by atoms with E-state index in [4.69, 9.17) is 0 Å². The van der Waals surface area contributed by atoms with Crippen LogP contribution in [-0.4, -0.2) is 54.7 Å². The van der Waals surface area contributed by atoms with Crippen LogP contribution in [0.4, 0.5) is 5.69 Å². The summed E-state index contributed by atoms with van der Waals surface area (Å²) in [6.45, 7) is 3.13. The van der Waals surface area contributed by atoms with Crippen molar-refractivity contribution in [3.63, 3.8) is 0 Å². The summed E-state index contributed by atoms with van der Waals surface area (Å²) in [6, 6.07) is 0.